The minimum Gasteiger partial charge on any atom is -0.465 e. The minimum atomic E-state index is -1.92. The summed E-state index contributed by atoms with van der Waals surface area (Å²) >= 11 is 0.501. The predicted molar refractivity (Wildman–Crippen MR) is 103 cm³/mol. The zero-order valence-electron chi connectivity index (χ0n) is 16.4. The van der Waals surface area contributed by atoms with Gasteiger partial charge in [0.25, 0.3) is 5.24 Å². The Kier molecular flexibility index (Phi) is 4.84. The van der Waals surface area contributed by atoms with Gasteiger partial charge in [-0.2, -0.15) is 0 Å². The van der Waals surface area contributed by atoms with Crippen LogP contribution in [0.2, 0.25) is 0 Å². The lowest BCUT2D eigenvalue weighted by Crippen LogP contribution is -2.25. The van der Waals surface area contributed by atoms with Gasteiger partial charge in [0.2, 0.25) is 5.91 Å². The van der Waals surface area contributed by atoms with Crippen molar-refractivity contribution in [3.05, 3.63) is 66.2 Å². The molecule has 1 aliphatic heterocycles. The van der Waals surface area contributed by atoms with E-state index < -0.39 is 28.7 Å². The van der Waals surface area contributed by atoms with Gasteiger partial charge in [-0.1, -0.05) is 42.6 Å². The molecule has 3 rings (SSSR count). The van der Waals surface area contributed by atoms with Crippen LogP contribution < -0.4 is 10.1 Å². The van der Waals surface area contributed by atoms with Crippen LogP contribution in [0.3, 0.4) is 0 Å². The number of carbonyl (C=O) groups excluding carboxylic acids is 3. The summed E-state index contributed by atoms with van der Waals surface area (Å²) in [6.45, 7) is 3.68. The molecule has 1 saturated heterocycles. The van der Waals surface area contributed by atoms with E-state index in [4.69, 9.17) is 7.48 Å². The SMILES string of the molecule is [2H]C(c1ccc(Oc2ccc(C(=C)C(=O)OC)cc2)cc1)C1([2H])SC(=O)NC1=O. The van der Waals surface area contributed by atoms with Crippen LogP contribution in [-0.4, -0.2) is 29.5 Å². The Morgan fingerprint density at radius 3 is 2.30 bits per heavy atom. The van der Waals surface area contributed by atoms with Gasteiger partial charge in [-0.25, -0.2) is 4.79 Å². The molecule has 0 spiro atoms. The van der Waals surface area contributed by atoms with Crippen LogP contribution in [0.15, 0.2) is 55.1 Å². The van der Waals surface area contributed by atoms with E-state index in [0.29, 0.717) is 34.4 Å². The van der Waals surface area contributed by atoms with Crippen molar-refractivity contribution in [1.29, 1.82) is 0 Å². The first kappa shape index (κ1) is 16.1. The molecule has 2 aromatic rings. The molecule has 1 aliphatic rings. The van der Waals surface area contributed by atoms with Crippen molar-refractivity contribution in [3.63, 3.8) is 0 Å². The summed E-state index contributed by atoms with van der Waals surface area (Å²) in [5.74, 6) is -0.294. The van der Waals surface area contributed by atoms with Gasteiger partial charge < -0.3 is 9.47 Å². The van der Waals surface area contributed by atoms with Crippen molar-refractivity contribution < 1.29 is 26.6 Å². The van der Waals surface area contributed by atoms with Crippen molar-refractivity contribution >= 4 is 34.5 Å². The monoisotopic (exact) mass is 385 g/mol. The topological polar surface area (TPSA) is 81.7 Å². The largest absolute Gasteiger partial charge is 0.465 e. The Morgan fingerprint density at radius 2 is 1.78 bits per heavy atom. The van der Waals surface area contributed by atoms with E-state index in [9.17, 15) is 14.4 Å². The number of carbonyl (C=O) groups is 3. The van der Waals surface area contributed by atoms with Crippen LogP contribution in [0.25, 0.3) is 5.57 Å². The third-order valence-corrected chi connectivity index (χ3v) is 4.50. The highest BCUT2D eigenvalue weighted by Gasteiger charge is 2.31. The Labute approximate surface area is 163 Å². The maximum atomic E-state index is 11.8. The average molecular weight is 385 g/mol. The van der Waals surface area contributed by atoms with Crippen molar-refractivity contribution in [2.24, 2.45) is 0 Å². The maximum absolute atomic E-state index is 11.8. The van der Waals surface area contributed by atoms with Crippen LogP contribution in [0.5, 0.6) is 11.5 Å². The third kappa shape index (κ3) is 4.57. The fourth-order valence-corrected chi connectivity index (χ4v) is 2.99. The molecule has 0 saturated carbocycles. The zero-order valence-corrected chi connectivity index (χ0v) is 15.2. The Bertz CT molecular complexity index is 977. The molecule has 2 unspecified atom stereocenters. The molecule has 138 valence electrons. The second kappa shape index (κ2) is 8.09. The molecule has 7 heteroatoms. The van der Waals surface area contributed by atoms with Crippen molar-refractivity contribution in [2.75, 3.05) is 7.11 Å². The summed E-state index contributed by atoms with van der Waals surface area (Å²) in [6.07, 6.45) is -1.24. The molecule has 2 amide bonds. The number of hydrogen-bond donors (Lipinski definition) is 1. The van der Waals surface area contributed by atoms with Gasteiger partial charge in [-0.05, 0) is 41.8 Å². The minimum absolute atomic E-state index is 0.238. The highest BCUT2D eigenvalue weighted by atomic mass is 32.2. The van der Waals surface area contributed by atoms with Crippen LogP contribution in [0.4, 0.5) is 4.79 Å². The molecule has 0 aromatic heterocycles. The highest BCUT2D eigenvalue weighted by molar-refractivity contribution is 8.15. The van der Waals surface area contributed by atoms with Gasteiger partial charge in [-0.3, -0.25) is 14.9 Å². The lowest BCUT2D eigenvalue weighted by Gasteiger charge is -2.09. The number of imide groups is 1. The van der Waals surface area contributed by atoms with Crippen LogP contribution in [0.1, 0.15) is 13.9 Å². The molecule has 1 heterocycles. The normalized spacial score (nSPS) is 20.9. The number of nitrogens with one attached hydrogen (secondary N) is 1. The summed E-state index contributed by atoms with van der Waals surface area (Å²) in [7, 11) is 1.29. The Hall–Kier alpha value is -3.06. The third-order valence-electron chi connectivity index (χ3n) is 3.69. The molecule has 2 atom stereocenters. The van der Waals surface area contributed by atoms with E-state index in [0.717, 1.165) is 0 Å². The quantitative estimate of drug-likeness (QED) is 0.605. The number of rotatable bonds is 6. The average Bonchev–Trinajstić information content (AvgIpc) is 2.99. The molecule has 1 fully saturated rings. The summed E-state index contributed by atoms with van der Waals surface area (Å²) in [5.41, 5.74) is 1.26. The lowest BCUT2D eigenvalue weighted by atomic mass is 10.1. The molecule has 27 heavy (non-hydrogen) atoms. The van der Waals surface area contributed by atoms with Crippen molar-refractivity contribution in [1.82, 2.24) is 5.32 Å². The fraction of sp³-hybridized carbons (Fsp3) is 0.150. The Balaban J connectivity index is 1.69. The van der Waals surface area contributed by atoms with E-state index in [2.05, 4.69) is 11.3 Å². The van der Waals surface area contributed by atoms with E-state index in [1.807, 2.05) is 5.32 Å². The maximum Gasteiger partial charge on any atom is 0.337 e. The van der Waals surface area contributed by atoms with E-state index in [1.54, 1.807) is 48.5 Å². The smallest absolute Gasteiger partial charge is 0.337 e. The molecule has 6 nitrogen and oxygen atoms in total. The van der Waals surface area contributed by atoms with E-state index in [-0.39, 0.29) is 5.57 Å². The molecular formula is C20H17NO5S. The van der Waals surface area contributed by atoms with Gasteiger partial charge >= 0.3 is 5.97 Å². The van der Waals surface area contributed by atoms with Gasteiger partial charge in [0.1, 0.15) is 11.5 Å². The van der Waals surface area contributed by atoms with E-state index >= 15 is 0 Å². The van der Waals surface area contributed by atoms with E-state index in [1.165, 1.54) is 7.11 Å². The second-order valence-corrected chi connectivity index (χ2v) is 6.53. The summed E-state index contributed by atoms with van der Waals surface area (Å²) in [4.78, 5) is 34.7. The first-order valence-electron chi connectivity index (χ1n) is 8.94. The number of hydrogen-bond acceptors (Lipinski definition) is 6. The number of thioether (sulfide) groups is 1. The standard InChI is InChI=1S/C20H17NO5S/c1-12(19(23)25-2)14-5-9-16(10-6-14)26-15-7-3-13(4-8-15)11-17-18(22)21-20(24)27-17/h3-10,17H,1,11H2,2H3,(H,21,22,24)/i11D,17D. The Morgan fingerprint density at radius 1 is 1.19 bits per heavy atom. The van der Waals surface area contributed by atoms with Gasteiger partial charge in [0.15, 0.2) is 0 Å². The van der Waals surface area contributed by atoms with Crippen molar-refractivity contribution in [3.8, 4) is 11.5 Å². The molecule has 1 N–H and O–H groups in total. The summed E-state index contributed by atoms with van der Waals surface area (Å²) < 4.78 is 26.8. The van der Waals surface area contributed by atoms with Crippen LogP contribution >= 0.6 is 11.8 Å². The van der Waals surface area contributed by atoms with Gasteiger partial charge in [-0.15, -0.1) is 0 Å². The van der Waals surface area contributed by atoms with Gasteiger partial charge in [0.05, 0.1) is 19.3 Å². The highest BCUT2D eigenvalue weighted by Crippen LogP contribution is 2.26. The molecular weight excluding hydrogens is 366 g/mol. The fourth-order valence-electron chi connectivity index (χ4n) is 2.31. The predicted octanol–water partition coefficient (Wildman–Crippen LogP) is 3.56. The lowest BCUT2D eigenvalue weighted by molar-refractivity contribution is -0.133. The first-order chi connectivity index (χ1) is 13.7. The molecule has 0 bridgehead atoms. The molecule has 2 aromatic carbocycles. The zero-order chi connectivity index (χ0) is 21.2. The van der Waals surface area contributed by atoms with Crippen LogP contribution in [0, 0.1) is 0 Å². The van der Waals surface area contributed by atoms with Gasteiger partial charge in [0, 0.05) is 1.37 Å². The number of ether oxygens (including phenoxy) is 2. The first-order valence-corrected chi connectivity index (χ1v) is 8.68. The molecule has 0 aliphatic carbocycles. The summed E-state index contributed by atoms with van der Waals surface area (Å²) in [6, 6.07) is 13.1. The van der Waals surface area contributed by atoms with Crippen molar-refractivity contribution in [2.45, 2.75) is 11.6 Å². The summed E-state index contributed by atoms with van der Waals surface area (Å²) in [5, 5.41) is -0.501. The number of benzene rings is 2. The van der Waals surface area contributed by atoms with Crippen LogP contribution in [-0.2, 0) is 20.7 Å². The number of amides is 2. The second-order valence-electron chi connectivity index (χ2n) is 5.52. The number of esters is 1. The molecule has 0 radical (unpaired) electrons. The number of methoxy groups -OCH3 is 1.